The fourth-order valence-corrected chi connectivity index (χ4v) is 2.09. The van der Waals surface area contributed by atoms with Crippen molar-refractivity contribution in [2.24, 2.45) is 0 Å². The van der Waals surface area contributed by atoms with E-state index in [0.29, 0.717) is 12.5 Å². The van der Waals surface area contributed by atoms with E-state index in [2.05, 4.69) is 31.0 Å². The van der Waals surface area contributed by atoms with Crippen LogP contribution in [0.1, 0.15) is 37.4 Å². The summed E-state index contributed by atoms with van der Waals surface area (Å²) >= 11 is 0. The summed E-state index contributed by atoms with van der Waals surface area (Å²) < 4.78 is 5.09. The van der Waals surface area contributed by atoms with Gasteiger partial charge < -0.3 is 10.5 Å². The van der Waals surface area contributed by atoms with Crippen molar-refractivity contribution in [1.82, 2.24) is 4.98 Å². The molecule has 18 heavy (non-hydrogen) atoms. The number of nitrogens with zero attached hydrogens (tertiary/aromatic N) is 1. The SMILES string of the molecule is CCC(C)c1ccc2nc(COC)cc(N)c2c1. The van der Waals surface area contributed by atoms with E-state index in [9.17, 15) is 0 Å². The number of methoxy groups -OCH3 is 1. The Labute approximate surface area is 108 Å². The van der Waals surface area contributed by atoms with Gasteiger partial charge in [-0.05, 0) is 36.1 Å². The van der Waals surface area contributed by atoms with E-state index in [1.807, 2.05) is 12.1 Å². The van der Waals surface area contributed by atoms with Gasteiger partial charge in [-0.15, -0.1) is 0 Å². The maximum absolute atomic E-state index is 6.10. The number of hydrogen-bond donors (Lipinski definition) is 1. The summed E-state index contributed by atoms with van der Waals surface area (Å²) in [6, 6.07) is 8.24. The smallest absolute Gasteiger partial charge is 0.0885 e. The van der Waals surface area contributed by atoms with Gasteiger partial charge in [0.25, 0.3) is 0 Å². The third kappa shape index (κ3) is 2.46. The Bertz CT molecular complexity index is 551. The number of pyridine rings is 1. The highest BCUT2D eigenvalue weighted by atomic mass is 16.5. The van der Waals surface area contributed by atoms with Crippen LogP contribution in [0.5, 0.6) is 0 Å². The summed E-state index contributed by atoms with van der Waals surface area (Å²) in [5.74, 6) is 0.549. The molecular weight excluding hydrogens is 224 g/mol. The van der Waals surface area contributed by atoms with E-state index in [1.54, 1.807) is 7.11 Å². The highest BCUT2D eigenvalue weighted by molar-refractivity contribution is 5.90. The molecule has 1 aromatic heterocycles. The van der Waals surface area contributed by atoms with Crippen LogP contribution < -0.4 is 5.73 Å². The molecule has 3 nitrogen and oxygen atoms in total. The topological polar surface area (TPSA) is 48.1 Å². The lowest BCUT2D eigenvalue weighted by molar-refractivity contribution is 0.182. The van der Waals surface area contributed by atoms with Crippen molar-refractivity contribution in [2.75, 3.05) is 12.8 Å². The molecule has 1 atom stereocenters. The van der Waals surface area contributed by atoms with Crippen molar-refractivity contribution in [3.63, 3.8) is 0 Å². The maximum atomic E-state index is 6.10. The van der Waals surface area contributed by atoms with E-state index in [4.69, 9.17) is 10.5 Å². The van der Waals surface area contributed by atoms with Crippen LogP contribution in [0.15, 0.2) is 24.3 Å². The molecule has 0 radical (unpaired) electrons. The molecule has 0 aliphatic heterocycles. The largest absolute Gasteiger partial charge is 0.398 e. The summed E-state index contributed by atoms with van der Waals surface area (Å²) in [6.07, 6.45) is 1.13. The lowest BCUT2D eigenvalue weighted by Crippen LogP contribution is -1.98. The van der Waals surface area contributed by atoms with Crippen molar-refractivity contribution >= 4 is 16.6 Å². The summed E-state index contributed by atoms with van der Waals surface area (Å²) in [4.78, 5) is 4.55. The van der Waals surface area contributed by atoms with Crippen LogP contribution in [-0.4, -0.2) is 12.1 Å². The first kappa shape index (κ1) is 12.8. The molecule has 3 heteroatoms. The number of benzene rings is 1. The Hall–Kier alpha value is -1.61. The first-order valence-corrected chi connectivity index (χ1v) is 6.33. The Morgan fingerprint density at radius 3 is 2.78 bits per heavy atom. The molecular formula is C15H20N2O. The molecule has 0 aliphatic carbocycles. The zero-order chi connectivity index (χ0) is 13.1. The van der Waals surface area contributed by atoms with Gasteiger partial charge in [0.15, 0.2) is 0 Å². The molecule has 1 heterocycles. The van der Waals surface area contributed by atoms with Crippen LogP contribution in [0.3, 0.4) is 0 Å². The van der Waals surface area contributed by atoms with Gasteiger partial charge in [-0.2, -0.15) is 0 Å². The molecule has 0 amide bonds. The van der Waals surface area contributed by atoms with Crippen LogP contribution in [0.2, 0.25) is 0 Å². The second-order valence-corrected chi connectivity index (χ2v) is 4.72. The number of nitrogens with two attached hydrogens (primary N) is 1. The molecule has 0 saturated carbocycles. The van der Waals surface area contributed by atoms with Crippen LogP contribution in [0, 0.1) is 0 Å². The van der Waals surface area contributed by atoms with Gasteiger partial charge in [0.05, 0.1) is 17.8 Å². The molecule has 2 N–H and O–H groups in total. The minimum Gasteiger partial charge on any atom is -0.398 e. The second-order valence-electron chi connectivity index (χ2n) is 4.72. The average Bonchev–Trinajstić information content (AvgIpc) is 2.38. The average molecular weight is 244 g/mol. The van der Waals surface area contributed by atoms with Gasteiger partial charge in [0.1, 0.15) is 0 Å². The van der Waals surface area contributed by atoms with Crippen LogP contribution in [0.4, 0.5) is 5.69 Å². The number of aromatic nitrogens is 1. The van der Waals surface area contributed by atoms with Gasteiger partial charge in [-0.1, -0.05) is 19.9 Å². The predicted octanol–water partition coefficient (Wildman–Crippen LogP) is 3.48. The number of anilines is 1. The third-order valence-electron chi connectivity index (χ3n) is 3.39. The van der Waals surface area contributed by atoms with Gasteiger partial charge in [-0.3, -0.25) is 4.98 Å². The molecule has 0 spiro atoms. The van der Waals surface area contributed by atoms with Crippen molar-refractivity contribution in [3.8, 4) is 0 Å². The second kappa shape index (κ2) is 5.36. The van der Waals surface area contributed by atoms with Crippen molar-refractivity contribution < 1.29 is 4.74 Å². The number of ether oxygens (including phenoxy) is 1. The van der Waals surface area contributed by atoms with Crippen molar-refractivity contribution in [3.05, 3.63) is 35.5 Å². The fourth-order valence-electron chi connectivity index (χ4n) is 2.09. The van der Waals surface area contributed by atoms with E-state index < -0.39 is 0 Å². The molecule has 96 valence electrons. The minimum atomic E-state index is 0.493. The van der Waals surface area contributed by atoms with Crippen LogP contribution >= 0.6 is 0 Å². The maximum Gasteiger partial charge on any atom is 0.0885 e. The fraction of sp³-hybridized carbons (Fsp3) is 0.400. The Morgan fingerprint density at radius 2 is 2.11 bits per heavy atom. The summed E-state index contributed by atoms with van der Waals surface area (Å²) in [6.45, 7) is 4.91. The van der Waals surface area contributed by atoms with Gasteiger partial charge in [-0.25, -0.2) is 0 Å². The molecule has 2 rings (SSSR count). The lowest BCUT2D eigenvalue weighted by Gasteiger charge is -2.11. The van der Waals surface area contributed by atoms with Gasteiger partial charge in [0, 0.05) is 18.2 Å². The standard InChI is InChI=1S/C15H20N2O/c1-4-10(2)11-5-6-15-13(7-11)14(16)8-12(17-15)9-18-3/h5-8,10H,4,9H2,1-3H3,(H2,16,17). The van der Waals surface area contributed by atoms with Crippen molar-refractivity contribution in [2.45, 2.75) is 32.8 Å². The summed E-state index contributed by atoms with van der Waals surface area (Å²) in [5.41, 5.74) is 10.0. The molecule has 0 saturated heterocycles. The monoisotopic (exact) mass is 244 g/mol. The Morgan fingerprint density at radius 1 is 1.33 bits per heavy atom. The third-order valence-corrected chi connectivity index (χ3v) is 3.39. The summed E-state index contributed by atoms with van der Waals surface area (Å²) in [7, 11) is 1.66. The number of rotatable bonds is 4. The lowest BCUT2D eigenvalue weighted by atomic mass is 9.96. The van der Waals surface area contributed by atoms with Gasteiger partial charge in [0.2, 0.25) is 0 Å². The Balaban J connectivity index is 2.51. The molecule has 1 aromatic carbocycles. The molecule has 1 unspecified atom stereocenters. The summed E-state index contributed by atoms with van der Waals surface area (Å²) in [5, 5.41) is 1.03. The molecule has 0 bridgehead atoms. The zero-order valence-electron chi connectivity index (χ0n) is 11.2. The number of hydrogen-bond acceptors (Lipinski definition) is 3. The minimum absolute atomic E-state index is 0.493. The Kier molecular flexibility index (Phi) is 3.82. The predicted molar refractivity (Wildman–Crippen MR) is 75.6 cm³/mol. The van der Waals surface area contributed by atoms with E-state index >= 15 is 0 Å². The van der Waals surface area contributed by atoms with Crippen molar-refractivity contribution in [1.29, 1.82) is 0 Å². The highest BCUT2D eigenvalue weighted by Crippen LogP contribution is 2.26. The first-order chi connectivity index (χ1) is 8.65. The first-order valence-electron chi connectivity index (χ1n) is 6.33. The highest BCUT2D eigenvalue weighted by Gasteiger charge is 2.07. The van der Waals surface area contributed by atoms with E-state index in [1.165, 1.54) is 5.56 Å². The molecule has 0 aliphatic rings. The van der Waals surface area contributed by atoms with Crippen LogP contribution in [-0.2, 0) is 11.3 Å². The van der Waals surface area contributed by atoms with E-state index in [-0.39, 0.29) is 0 Å². The van der Waals surface area contributed by atoms with Crippen LogP contribution in [0.25, 0.3) is 10.9 Å². The normalized spacial score (nSPS) is 12.8. The van der Waals surface area contributed by atoms with E-state index in [0.717, 1.165) is 28.7 Å². The zero-order valence-corrected chi connectivity index (χ0v) is 11.2. The number of fused-ring (bicyclic) bond motifs is 1. The quantitative estimate of drug-likeness (QED) is 0.895. The number of nitrogen functional groups attached to an aromatic ring is 1. The molecule has 0 fully saturated rings. The molecule has 2 aromatic rings. The van der Waals surface area contributed by atoms with Gasteiger partial charge >= 0.3 is 0 Å².